The number of halogens is 1. The Kier molecular flexibility index (Phi) is 7.22. The van der Waals surface area contributed by atoms with Crippen molar-refractivity contribution in [3.63, 3.8) is 0 Å². The lowest BCUT2D eigenvalue weighted by Crippen LogP contribution is -2.50. The second-order valence-corrected chi connectivity index (χ2v) is 10.3. The van der Waals surface area contributed by atoms with E-state index >= 15 is 0 Å². The molecule has 0 amide bonds. The van der Waals surface area contributed by atoms with Gasteiger partial charge in [-0.15, -0.1) is 0 Å². The van der Waals surface area contributed by atoms with Crippen LogP contribution in [0.4, 0.5) is 0 Å². The maximum atomic E-state index is 11.7. The SMILES string of the molecule is Cc1cc(C(CN2CCC(N3CCCCC3)CC2)C2(O)CCCCC2)ccc1Cl. The molecule has 1 aromatic carbocycles. The van der Waals surface area contributed by atoms with Crippen molar-refractivity contribution in [2.24, 2.45) is 0 Å². The summed E-state index contributed by atoms with van der Waals surface area (Å²) >= 11 is 6.31. The number of hydrogen-bond donors (Lipinski definition) is 1. The zero-order chi connectivity index (χ0) is 20.3. The molecule has 3 fully saturated rings. The van der Waals surface area contributed by atoms with Gasteiger partial charge in [0.05, 0.1) is 5.60 Å². The van der Waals surface area contributed by atoms with Crippen molar-refractivity contribution in [1.82, 2.24) is 9.80 Å². The first-order valence-electron chi connectivity index (χ1n) is 12.0. The minimum Gasteiger partial charge on any atom is -0.389 e. The van der Waals surface area contributed by atoms with E-state index < -0.39 is 5.60 Å². The molecule has 1 aliphatic carbocycles. The minimum atomic E-state index is -0.567. The number of rotatable bonds is 5. The zero-order valence-corrected chi connectivity index (χ0v) is 19.0. The van der Waals surface area contributed by atoms with Crippen molar-refractivity contribution in [2.45, 2.75) is 88.7 Å². The normalized spacial score (nSPS) is 25.8. The maximum absolute atomic E-state index is 11.7. The molecule has 2 saturated heterocycles. The summed E-state index contributed by atoms with van der Waals surface area (Å²) in [4.78, 5) is 5.37. The van der Waals surface area contributed by atoms with Gasteiger partial charge in [-0.05, 0) is 88.8 Å². The van der Waals surface area contributed by atoms with Crippen LogP contribution in [-0.2, 0) is 0 Å². The number of nitrogens with zero attached hydrogens (tertiary/aromatic N) is 2. The number of likely N-dealkylation sites (tertiary alicyclic amines) is 2. The van der Waals surface area contributed by atoms with Crippen LogP contribution in [-0.4, -0.2) is 59.3 Å². The van der Waals surface area contributed by atoms with E-state index in [0.717, 1.165) is 48.9 Å². The summed E-state index contributed by atoms with van der Waals surface area (Å²) in [6, 6.07) is 7.18. The van der Waals surface area contributed by atoms with Gasteiger partial charge < -0.3 is 14.9 Å². The Labute approximate surface area is 182 Å². The van der Waals surface area contributed by atoms with E-state index in [4.69, 9.17) is 11.6 Å². The Balaban J connectivity index is 1.45. The highest BCUT2D eigenvalue weighted by Crippen LogP contribution is 2.41. The summed E-state index contributed by atoms with van der Waals surface area (Å²) in [5.41, 5.74) is 1.83. The first kappa shape index (κ1) is 21.6. The fraction of sp³-hybridized carbons (Fsp3) is 0.760. The largest absolute Gasteiger partial charge is 0.389 e. The predicted molar refractivity (Wildman–Crippen MR) is 122 cm³/mol. The topological polar surface area (TPSA) is 26.7 Å². The van der Waals surface area contributed by atoms with E-state index in [1.165, 1.54) is 70.3 Å². The van der Waals surface area contributed by atoms with E-state index in [0.29, 0.717) is 0 Å². The molecule has 4 rings (SSSR count). The quantitative estimate of drug-likeness (QED) is 0.695. The first-order valence-corrected chi connectivity index (χ1v) is 12.4. The summed E-state index contributed by atoms with van der Waals surface area (Å²) in [6.45, 7) is 8.00. The summed E-state index contributed by atoms with van der Waals surface area (Å²) in [5.74, 6) is 0.185. The summed E-state index contributed by atoms with van der Waals surface area (Å²) in [7, 11) is 0. The van der Waals surface area contributed by atoms with E-state index in [1.54, 1.807) is 0 Å². The zero-order valence-electron chi connectivity index (χ0n) is 18.2. The second kappa shape index (κ2) is 9.68. The Morgan fingerprint density at radius 2 is 1.66 bits per heavy atom. The van der Waals surface area contributed by atoms with Crippen LogP contribution in [0, 0.1) is 6.92 Å². The molecule has 1 unspecified atom stereocenters. The van der Waals surface area contributed by atoms with Crippen molar-refractivity contribution in [3.8, 4) is 0 Å². The third-order valence-electron chi connectivity index (χ3n) is 7.86. The molecule has 162 valence electrons. The van der Waals surface area contributed by atoms with Crippen LogP contribution in [0.2, 0.25) is 5.02 Å². The Bertz CT molecular complexity index is 659. The first-order chi connectivity index (χ1) is 14.0. The Hall–Kier alpha value is -0.610. The molecule has 0 bridgehead atoms. The van der Waals surface area contributed by atoms with E-state index in [-0.39, 0.29) is 5.92 Å². The lowest BCUT2D eigenvalue weighted by molar-refractivity contribution is -0.0343. The van der Waals surface area contributed by atoms with Crippen molar-refractivity contribution >= 4 is 11.6 Å². The van der Waals surface area contributed by atoms with Crippen LogP contribution in [0.5, 0.6) is 0 Å². The van der Waals surface area contributed by atoms with Crippen molar-refractivity contribution in [2.75, 3.05) is 32.7 Å². The monoisotopic (exact) mass is 418 g/mol. The molecule has 2 aliphatic heterocycles. The molecule has 1 saturated carbocycles. The molecule has 3 aliphatic rings. The molecule has 0 spiro atoms. The average molecular weight is 419 g/mol. The van der Waals surface area contributed by atoms with Crippen LogP contribution in [0.25, 0.3) is 0 Å². The average Bonchev–Trinajstić information content (AvgIpc) is 2.76. The lowest BCUT2D eigenvalue weighted by atomic mass is 9.72. The van der Waals surface area contributed by atoms with Gasteiger partial charge in [-0.25, -0.2) is 0 Å². The second-order valence-electron chi connectivity index (χ2n) is 9.85. The van der Waals surface area contributed by atoms with Crippen molar-refractivity contribution in [1.29, 1.82) is 0 Å². The fourth-order valence-electron chi connectivity index (χ4n) is 5.99. The minimum absolute atomic E-state index is 0.185. The van der Waals surface area contributed by atoms with Gasteiger partial charge in [-0.2, -0.15) is 0 Å². The van der Waals surface area contributed by atoms with Crippen LogP contribution in [0.15, 0.2) is 18.2 Å². The lowest BCUT2D eigenvalue weighted by Gasteiger charge is -2.45. The summed E-state index contributed by atoms with van der Waals surface area (Å²) in [5, 5.41) is 12.5. The number of hydrogen-bond acceptors (Lipinski definition) is 3. The van der Waals surface area contributed by atoms with Gasteiger partial charge >= 0.3 is 0 Å². The molecule has 29 heavy (non-hydrogen) atoms. The van der Waals surface area contributed by atoms with Crippen molar-refractivity contribution in [3.05, 3.63) is 34.3 Å². The molecule has 1 atom stereocenters. The highest BCUT2D eigenvalue weighted by Gasteiger charge is 2.40. The number of benzene rings is 1. The Morgan fingerprint density at radius 3 is 2.31 bits per heavy atom. The number of piperidine rings is 2. The summed E-state index contributed by atoms with van der Waals surface area (Å²) in [6.07, 6.45) is 12.2. The standard InChI is InChI=1S/C25H39ClN2O/c1-20-18-21(8-9-24(20)26)23(25(29)12-4-2-5-13-25)19-27-16-10-22(11-17-27)28-14-6-3-7-15-28/h8-9,18,22-23,29H,2-7,10-17,19H2,1H3. The highest BCUT2D eigenvalue weighted by atomic mass is 35.5. The molecule has 0 radical (unpaired) electrons. The smallest absolute Gasteiger partial charge is 0.0728 e. The highest BCUT2D eigenvalue weighted by molar-refractivity contribution is 6.31. The van der Waals surface area contributed by atoms with Gasteiger partial charge in [-0.3, -0.25) is 0 Å². The third-order valence-corrected chi connectivity index (χ3v) is 8.28. The predicted octanol–water partition coefficient (Wildman–Crippen LogP) is 5.38. The van der Waals surface area contributed by atoms with Crippen LogP contribution < -0.4 is 0 Å². The molecular weight excluding hydrogens is 380 g/mol. The third kappa shape index (κ3) is 5.18. The van der Waals surface area contributed by atoms with Gasteiger partial charge in [-0.1, -0.05) is 49.4 Å². The van der Waals surface area contributed by atoms with Gasteiger partial charge in [0.2, 0.25) is 0 Å². The molecule has 4 heteroatoms. The number of aryl methyl sites for hydroxylation is 1. The molecule has 1 aromatic rings. The van der Waals surface area contributed by atoms with E-state index in [2.05, 4.69) is 28.9 Å². The molecule has 1 N–H and O–H groups in total. The van der Waals surface area contributed by atoms with Crippen LogP contribution >= 0.6 is 11.6 Å². The molecular formula is C25H39ClN2O. The summed E-state index contributed by atoms with van der Waals surface area (Å²) < 4.78 is 0. The van der Waals surface area contributed by atoms with Gasteiger partial charge in [0.1, 0.15) is 0 Å². The van der Waals surface area contributed by atoms with E-state index in [9.17, 15) is 5.11 Å². The van der Waals surface area contributed by atoms with E-state index in [1.807, 2.05) is 6.07 Å². The van der Waals surface area contributed by atoms with Crippen molar-refractivity contribution < 1.29 is 5.11 Å². The van der Waals surface area contributed by atoms with Gasteiger partial charge in [0, 0.05) is 23.5 Å². The molecule has 0 aromatic heterocycles. The van der Waals surface area contributed by atoms with Gasteiger partial charge in [0.25, 0.3) is 0 Å². The molecule has 2 heterocycles. The maximum Gasteiger partial charge on any atom is 0.0728 e. The number of aliphatic hydroxyl groups is 1. The fourth-order valence-corrected chi connectivity index (χ4v) is 6.11. The van der Waals surface area contributed by atoms with Crippen LogP contribution in [0.1, 0.15) is 81.3 Å². The molecule has 3 nitrogen and oxygen atoms in total. The Morgan fingerprint density at radius 1 is 1.00 bits per heavy atom. The van der Waals surface area contributed by atoms with Crippen LogP contribution in [0.3, 0.4) is 0 Å². The van der Waals surface area contributed by atoms with Gasteiger partial charge in [0.15, 0.2) is 0 Å².